The van der Waals surface area contributed by atoms with Crippen LogP contribution in [0.25, 0.3) is 5.69 Å². The molecule has 1 aliphatic heterocycles. The van der Waals surface area contributed by atoms with E-state index in [0.29, 0.717) is 37.4 Å². The molecule has 2 aromatic rings. The van der Waals surface area contributed by atoms with Crippen LogP contribution in [0.2, 0.25) is 0 Å². The number of hydrogen-bond donors (Lipinski definition) is 2. The second-order valence-corrected chi connectivity index (χ2v) is 9.23. The van der Waals surface area contributed by atoms with E-state index >= 15 is 4.39 Å². The summed E-state index contributed by atoms with van der Waals surface area (Å²) in [5, 5.41) is 3.23. The first-order valence-electron chi connectivity index (χ1n) is 10.3. The van der Waals surface area contributed by atoms with E-state index in [1.807, 2.05) is 18.4 Å². The molecule has 1 unspecified atom stereocenters. The molecular weight excluding hydrogens is 385 g/mol. The highest BCUT2D eigenvalue weighted by Crippen LogP contribution is 2.40. The minimum atomic E-state index is -0.820. The first-order valence-corrected chi connectivity index (χ1v) is 10.3. The molecule has 1 fully saturated rings. The second kappa shape index (κ2) is 7.23. The molecule has 1 aromatic carbocycles. The zero-order valence-corrected chi connectivity index (χ0v) is 17.9. The molecular formula is C23H28FN3O3. The monoisotopic (exact) mass is 413 g/mol. The normalized spacial score (nSPS) is 20.3. The van der Waals surface area contributed by atoms with E-state index in [2.05, 4.69) is 19.2 Å². The van der Waals surface area contributed by atoms with Gasteiger partial charge >= 0.3 is 0 Å². The van der Waals surface area contributed by atoms with Crippen LogP contribution < -0.4 is 11.1 Å². The van der Waals surface area contributed by atoms with Crippen molar-refractivity contribution in [2.24, 2.45) is 11.1 Å². The average molecular weight is 413 g/mol. The first-order chi connectivity index (χ1) is 14.1. The van der Waals surface area contributed by atoms with Crippen LogP contribution in [-0.2, 0) is 11.2 Å². The van der Waals surface area contributed by atoms with Crippen molar-refractivity contribution in [3.8, 4) is 5.69 Å². The number of nitrogens with one attached hydrogen (secondary N) is 1. The molecule has 0 saturated carbocycles. The third-order valence-corrected chi connectivity index (χ3v) is 6.24. The van der Waals surface area contributed by atoms with Gasteiger partial charge in [0.05, 0.1) is 29.6 Å². The van der Waals surface area contributed by atoms with Gasteiger partial charge in [-0.15, -0.1) is 0 Å². The summed E-state index contributed by atoms with van der Waals surface area (Å²) in [7, 11) is 0. The Hall–Kier alpha value is -2.67. The highest BCUT2D eigenvalue weighted by atomic mass is 19.1. The number of fused-ring (bicyclic) bond motifs is 1. The van der Waals surface area contributed by atoms with Gasteiger partial charge in [-0.1, -0.05) is 13.8 Å². The maximum absolute atomic E-state index is 15.1. The Morgan fingerprint density at radius 1 is 1.30 bits per heavy atom. The second-order valence-electron chi connectivity index (χ2n) is 9.23. The van der Waals surface area contributed by atoms with E-state index in [4.69, 9.17) is 10.5 Å². The summed E-state index contributed by atoms with van der Waals surface area (Å²) in [6.07, 6.45) is 1.97. The molecule has 2 heterocycles. The Labute approximate surface area is 175 Å². The number of aromatic nitrogens is 1. The van der Waals surface area contributed by atoms with Crippen LogP contribution in [-0.4, -0.2) is 35.5 Å². The predicted molar refractivity (Wildman–Crippen MR) is 113 cm³/mol. The summed E-state index contributed by atoms with van der Waals surface area (Å²) in [5.74, 6) is -1.38. The van der Waals surface area contributed by atoms with E-state index < -0.39 is 11.7 Å². The van der Waals surface area contributed by atoms with Crippen molar-refractivity contribution in [3.63, 3.8) is 0 Å². The summed E-state index contributed by atoms with van der Waals surface area (Å²) < 4.78 is 22.4. The van der Waals surface area contributed by atoms with Crippen LogP contribution in [0.5, 0.6) is 0 Å². The Balaban J connectivity index is 1.89. The third kappa shape index (κ3) is 3.41. The van der Waals surface area contributed by atoms with Crippen LogP contribution in [0.3, 0.4) is 0 Å². The van der Waals surface area contributed by atoms with Gasteiger partial charge in [0.15, 0.2) is 5.78 Å². The van der Waals surface area contributed by atoms with Crippen molar-refractivity contribution in [3.05, 3.63) is 46.0 Å². The molecule has 7 heteroatoms. The topological polar surface area (TPSA) is 86.3 Å². The quantitative estimate of drug-likeness (QED) is 0.800. The van der Waals surface area contributed by atoms with Crippen LogP contribution in [0, 0.1) is 25.1 Å². The molecule has 0 bridgehead atoms. The van der Waals surface area contributed by atoms with Gasteiger partial charge in [-0.25, -0.2) is 4.39 Å². The van der Waals surface area contributed by atoms with Gasteiger partial charge in [0.2, 0.25) is 0 Å². The number of amides is 1. The van der Waals surface area contributed by atoms with E-state index in [9.17, 15) is 9.59 Å². The lowest BCUT2D eigenvalue weighted by molar-refractivity contribution is 0.0909. The van der Waals surface area contributed by atoms with Crippen molar-refractivity contribution >= 4 is 17.4 Å². The maximum Gasteiger partial charge on any atom is 0.253 e. The zero-order chi connectivity index (χ0) is 21.8. The molecule has 160 valence electrons. The summed E-state index contributed by atoms with van der Waals surface area (Å²) >= 11 is 0. The summed E-state index contributed by atoms with van der Waals surface area (Å²) in [6.45, 7) is 9.12. The van der Waals surface area contributed by atoms with Gasteiger partial charge in [-0.2, -0.15) is 0 Å². The number of ketones is 1. The molecule has 30 heavy (non-hydrogen) atoms. The molecule has 0 spiro atoms. The van der Waals surface area contributed by atoms with Gasteiger partial charge in [0.1, 0.15) is 5.82 Å². The van der Waals surface area contributed by atoms with Crippen molar-refractivity contribution in [2.45, 2.75) is 53.0 Å². The molecule has 4 rings (SSSR count). The summed E-state index contributed by atoms with van der Waals surface area (Å²) in [5.41, 5.74) is 9.53. The van der Waals surface area contributed by atoms with Crippen molar-refractivity contribution < 1.29 is 18.7 Å². The van der Waals surface area contributed by atoms with Gasteiger partial charge in [-0.05, 0) is 49.8 Å². The van der Waals surface area contributed by atoms with E-state index in [1.165, 1.54) is 6.07 Å². The predicted octanol–water partition coefficient (Wildman–Crippen LogP) is 3.69. The number of ether oxygens (including phenoxy) is 1. The lowest BCUT2D eigenvalue weighted by Crippen LogP contribution is -2.28. The van der Waals surface area contributed by atoms with E-state index in [1.54, 1.807) is 6.07 Å². The highest BCUT2D eigenvalue weighted by molar-refractivity contribution is 6.01. The van der Waals surface area contributed by atoms with E-state index in [0.717, 1.165) is 28.9 Å². The van der Waals surface area contributed by atoms with Gasteiger partial charge in [-0.3, -0.25) is 9.59 Å². The number of nitrogens with zero attached hydrogens (tertiary/aromatic N) is 1. The molecule has 1 aliphatic carbocycles. The van der Waals surface area contributed by atoms with Crippen LogP contribution in [0.1, 0.15) is 64.4 Å². The van der Waals surface area contributed by atoms with Crippen molar-refractivity contribution in [1.82, 2.24) is 4.57 Å². The lowest BCUT2D eigenvalue weighted by atomic mass is 9.75. The number of rotatable bonds is 4. The third-order valence-electron chi connectivity index (χ3n) is 6.24. The molecule has 1 aromatic heterocycles. The Bertz CT molecular complexity index is 1050. The maximum atomic E-state index is 15.1. The van der Waals surface area contributed by atoms with Crippen LogP contribution >= 0.6 is 0 Å². The number of carbonyl (C=O) groups is 2. The van der Waals surface area contributed by atoms with E-state index in [-0.39, 0.29) is 22.8 Å². The molecule has 1 saturated heterocycles. The number of halogens is 1. The van der Waals surface area contributed by atoms with Crippen LogP contribution in [0.15, 0.2) is 12.1 Å². The number of nitrogens with two attached hydrogens (primary N) is 1. The van der Waals surface area contributed by atoms with Crippen molar-refractivity contribution in [2.75, 3.05) is 18.5 Å². The fraction of sp³-hybridized carbons (Fsp3) is 0.478. The van der Waals surface area contributed by atoms with Crippen molar-refractivity contribution in [1.29, 1.82) is 0 Å². The Morgan fingerprint density at radius 2 is 2.03 bits per heavy atom. The molecule has 2 aliphatic rings. The smallest absolute Gasteiger partial charge is 0.253 e. The lowest BCUT2D eigenvalue weighted by Gasteiger charge is -2.30. The minimum absolute atomic E-state index is 0.0142. The molecule has 1 atom stereocenters. The largest absolute Gasteiger partial charge is 0.379 e. The Morgan fingerprint density at radius 3 is 2.67 bits per heavy atom. The average Bonchev–Trinajstić information content (AvgIpc) is 3.20. The van der Waals surface area contributed by atoms with Crippen LogP contribution in [0.4, 0.5) is 10.1 Å². The molecule has 3 N–H and O–H groups in total. The molecule has 1 amide bonds. The van der Waals surface area contributed by atoms with Gasteiger partial charge in [0, 0.05) is 30.0 Å². The number of carbonyl (C=O) groups excluding carboxylic acids is 2. The fourth-order valence-electron chi connectivity index (χ4n) is 4.76. The number of Topliss-reactive ketones (excluding diaryl/α,β-unsaturated/α-hetero) is 1. The number of benzene rings is 1. The standard InChI is InChI=1S/C23H28FN3O3/c1-12-13(2)27(18-9-23(3,4)10-19(28)20(12)18)15-7-16(24)21(22(25)29)17(8-15)26-14-5-6-30-11-14/h7-8,14,26H,5-6,9-11H2,1-4H3,(H2,25,29). The summed E-state index contributed by atoms with van der Waals surface area (Å²) in [4.78, 5) is 24.8. The Kier molecular flexibility index (Phi) is 4.97. The number of primary amides is 1. The zero-order valence-electron chi connectivity index (χ0n) is 17.9. The van der Waals surface area contributed by atoms with Gasteiger partial charge < -0.3 is 20.4 Å². The molecule has 0 radical (unpaired) electrons. The number of anilines is 1. The minimum Gasteiger partial charge on any atom is -0.379 e. The number of hydrogen-bond acceptors (Lipinski definition) is 4. The SMILES string of the molecule is Cc1c2c(n(-c3cc(F)c(C(N)=O)c(NC4CCOC4)c3)c1C)CC(C)(C)CC2=O. The summed E-state index contributed by atoms with van der Waals surface area (Å²) in [6, 6.07) is 3.06. The first kappa shape index (κ1) is 20.6. The fourth-order valence-corrected chi connectivity index (χ4v) is 4.76. The van der Waals surface area contributed by atoms with Gasteiger partial charge in [0.25, 0.3) is 5.91 Å². The molecule has 6 nitrogen and oxygen atoms in total. The highest BCUT2D eigenvalue weighted by Gasteiger charge is 2.36.